The smallest absolute Gasteiger partial charge is 0.307 e. The Balaban J connectivity index is 1.93. The Morgan fingerprint density at radius 1 is 1.11 bits per heavy atom. The predicted octanol–water partition coefficient (Wildman–Crippen LogP) is 5.81. The van der Waals surface area contributed by atoms with Gasteiger partial charge in [0.15, 0.2) is 6.10 Å². The standard InChI is InChI=1S/C23H27NO4/c1-16-13-20(21(24(26)27)14-17(16)2)23(19-11-7-4-8-12-19)28-22(25)15-18-9-5-3-6-10-18/h4,7-8,11-14,18,23H,3,5-6,9-10,15H2,1-2H3. The lowest BCUT2D eigenvalue weighted by Crippen LogP contribution is -2.18. The Hall–Kier alpha value is -2.69. The molecule has 0 bridgehead atoms. The molecule has 0 amide bonds. The Morgan fingerprint density at radius 3 is 2.39 bits per heavy atom. The molecule has 5 heteroatoms. The fourth-order valence-electron chi connectivity index (χ4n) is 3.94. The van der Waals surface area contributed by atoms with E-state index in [9.17, 15) is 14.9 Å². The van der Waals surface area contributed by atoms with Crippen molar-refractivity contribution >= 4 is 11.7 Å². The maximum atomic E-state index is 12.7. The fourth-order valence-corrected chi connectivity index (χ4v) is 3.94. The molecule has 2 aromatic rings. The first-order valence-electron chi connectivity index (χ1n) is 9.95. The van der Waals surface area contributed by atoms with Crippen LogP contribution in [0.2, 0.25) is 0 Å². The molecule has 2 aromatic carbocycles. The number of nitrogens with zero attached hydrogens (tertiary/aromatic N) is 1. The van der Waals surface area contributed by atoms with Crippen LogP contribution in [-0.2, 0) is 9.53 Å². The average Bonchev–Trinajstić information content (AvgIpc) is 2.69. The van der Waals surface area contributed by atoms with Crippen LogP contribution in [0.4, 0.5) is 5.69 Å². The zero-order valence-corrected chi connectivity index (χ0v) is 16.5. The number of carbonyl (C=O) groups is 1. The average molecular weight is 381 g/mol. The van der Waals surface area contributed by atoms with E-state index in [0.29, 0.717) is 17.9 Å². The summed E-state index contributed by atoms with van der Waals surface area (Å²) in [6, 6.07) is 12.6. The summed E-state index contributed by atoms with van der Waals surface area (Å²) in [6.45, 7) is 3.76. The van der Waals surface area contributed by atoms with Crippen molar-refractivity contribution < 1.29 is 14.5 Å². The molecule has 0 aliphatic heterocycles. The van der Waals surface area contributed by atoms with E-state index in [1.54, 1.807) is 12.1 Å². The topological polar surface area (TPSA) is 69.4 Å². The van der Waals surface area contributed by atoms with E-state index in [1.807, 2.05) is 44.2 Å². The summed E-state index contributed by atoms with van der Waals surface area (Å²) >= 11 is 0. The molecule has 148 valence electrons. The van der Waals surface area contributed by atoms with Gasteiger partial charge in [0, 0.05) is 12.5 Å². The number of benzene rings is 2. The van der Waals surface area contributed by atoms with Gasteiger partial charge in [0.1, 0.15) is 0 Å². The number of esters is 1. The Kier molecular flexibility index (Phi) is 6.45. The molecular weight excluding hydrogens is 354 g/mol. The highest BCUT2D eigenvalue weighted by Gasteiger charge is 2.29. The second-order valence-corrected chi connectivity index (χ2v) is 7.74. The normalized spacial score (nSPS) is 15.8. The van der Waals surface area contributed by atoms with E-state index in [2.05, 4.69) is 0 Å². The van der Waals surface area contributed by atoms with E-state index in [-0.39, 0.29) is 11.7 Å². The third kappa shape index (κ3) is 4.77. The van der Waals surface area contributed by atoms with E-state index >= 15 is 0 Å². The predicted molar refractivity (Wildman–Crippen MR) is 108 cm³/mol. The van der Waals surface area contributed by atoms with Gasteiger partial charge in [0.2, 0.25) is 0 Å². The van der Waals surface area contributed by atoms with E-state index in [4.69, 9.17) is 4.74 Å². The monoisotopic (exact) mass is 381 g/mol. The minimum Gasteiger partial charge on any atom is -0.452 e. The maximum Gasteiger partial charge on any atom is 0.307 e. The highest BCUT2D eigenvalue weighted by Crippen LogP contribution is 2.36. The van der Waals surface area contributed by atoms with Crippen molar-refractivity contribution in [3.63, 3.8) is 0 Å². The quantitative estimate of drug-likeness (QED) is 0.359. The first-order chi connectivity index (χ1) is 13.5. The van der Waals surface area contributed by atoms with Gasteiger partial charge in [-0.25, -0.2) is 0 Å². The van der Waals surface area contributed by atoms with Crippen molar-refractivity contribution in [2.45, 2.75) is 58.5 Å². The number of carbonyl (C=O) groups excluding carboxylic acids is 1. The molecule has 1 saturated carbocycles. The Morgan fingerprint density at radius 2 is 1.75 bits per heavy atom. The second kappa shape index (κ2) is 9.00. The zero-order valence-electron chi connectivity index (χ0n) is 16.5. The number of nitro groups is 1. The summed E-state index contributed by atoms with van der Waals surface area (Å²) < 4.78 is 5.87. The highest BCUT2D eigenvalue weighted by atomic mass is 16.6. The number of nitro benzene ring substituents is 1. The summed E-state index contributed by atoms with van der Waals surface area (Å²) in [5, 5.41) is 11.7. The van der Waals surface area contributed by atoms with Crippen LogP contribution in [0.1, 0.15) is 66.9 Å². The molecule has 1 fully saturated rings. The summed E-state index contributed by atoms with van der Waals surface area (Å²) in [6.07, 6.45) is 5.24. The van der Waals surface area contributed by atoms with Crippen molar-refractivity contribution in [1.29, 1.82) is 0 Å². The van der Waals surface area contributed by atoms with E-state index < -0.39 is 11.0 Å². The van der Waals surface area contributed by atoms with Gasteiger partial charge in [0.25, 0.3) is 5.69 Å². The lowest BCUT2D eigenvalue weighted by atomic mass is 9.87. The van der Waals surface area contributed by atoms with Crippen LogP contribution in [-0.4, -0.2) is 10.9 Å². The fraction of sp³-hybridized carbons (Fsp3) is 0.435. The van der Waals surface area contributed by atoms with Crippen molar-refractivity contribution in [3.8, 4) is 0 Å². The first-order valence-corrected chi connectivity index (χ1v) is 9.95. The van der Waals surface area contributed by atoms with E-state index in [1.165, 1.54) is 6.42 Å². The summed E-state index contributed by atoms with van der Waals surface area (Å²) in [4.78, 5) is 24.0. The molecule has 1 aliphatic rings. The molecule has 1 atom stereocenters. The number of ether oxygens (including phenoxy) is 1. The van der Waals surface area contributed by atoms with Crippen LogP contribution in [0.3, 0.4) is 0 Å². The number of hydrogen-bond acceptors (Lipinski definition) is 4. The SMILES string of the molecule is Cc1cc(C(OC(=O)CC2CCCCC2)c2ccccc2)c([N+](=O)[O-])cc1C. The van der Waals surface area contributed by atoms with Crippen LogP contribution in [0, 0.1) is 29.9 Å². The molecule has 5 nitrogen and oxygen atoms in total. The van der Waals surface area contributed by atoms with E-state index in [0.717, 1.165) is 42.4 Å². The number of hydrogen-bond donors (Lipinski definition) is 0. The van der Waals surface area contributed by atoms with Crippen molar-refractivity contribution in [3.05, 3.63) is 74.8 Å². The van der Waals surface area contributed by atoms with Gasteiger partial charge in [-0.2, -0.15) is 0 Å². The minimum absolute atomic E-state index is 0.0116. The van der Waals surface area contributed by atoms with Gasteiger partial charge in [-0.1, -0.05) is 49.6 Å². The second-order valence-electron chi connectivity index (χ2n) is 7.74. The Bertz CT molecular complexity index is 841. The lowest BCUT2D eigenvalue weighted by molar-refractivity contribution is -0.386. The summed E-state index contributed by atoms with van der Waals surface area (Å²) in [5.74, 6) is 0.0701. The van der Waals surface area contributed by atoms with Gasteiger partial charge >= 0.3 is 5.97 Å². The van der Waals surface area contributed by atoms with Gasteiger partial charge in [0.05, 0.1) is 10.5 Å². The largest absolute Gasteiger partial charge is 0.452 e. The molecule has 0 N–H and O–H groups in total. The molecule has 28 heavy (non-hydrogen) atoms. The summed E-state index contributed by atoms with van der Waals surface area (Å²) in [5.41, 5.74) is 2.94. The van der Waals surface area contributed by atoms with Crippen LogP contribution in [0.25, 0.3) is 0 Å². The lowest BCUT2D eigenvalue weighted by Gasteiger charge is -2.23. The molecule has 1 unspecified atom stereocenters. The third-order valence-corrected chi connectivity index (χ3v) is 5.65. The van der Waals surface area contributed by atoms with Crippen molar-refractivity contribution in [1.82, 2.24) is 0 Å². The number of aryl methyl sites for hydroxylation is 2. The Labute approximate surface area is 165 Å². The van der Waals surface area contributed by atoms with Gasteiger partial charge < -0.3 is 4.74 Å². The molecule has 0 saturated heterocycles. The molecule has 0 heterocycles. The third-order valence-electron chi connectivity index (χ3n) is 5.65. The molecular formula is C23H27NO4. The number of rotatable bonds is 6. The van der Waals surface area contributed by atoms with Crippen LogP contribution in [0.5, 0.6) is 0 Å². The first kappa shape index (κ1) is 20.1. The van der Waals surface area contributed by atoms with Gasteiger partial charge in [-0.15, -0.1) is 0 Å². The zero-order chi connectivity index (χ0) is 20.1. The van der Waals surface area contributed by atoms with Gasteiger partial charge in [-0.3, -0.25) is 14.9 Å². The van der Waals surface area contributed by atoms with Crippen molar-refractivity contribution in [2.24, 2.45) is 5.92 Å². The maximum absolute atomic E-state index is 12.7. The molecule has 0 aromatic heterocycles. The minimum atomic E-state index is -0.781. The molecule has 1 aliphatic carbocycles. The molecule has 0 spiro atoms. The van der Waals surface area contributed by atoms with Crippen molar-refractivity contribution in [2.75, 3.05) is 0 Å². The van der Waals surface area contributed by atoms with Crippen LogP contribution in [0.15, 0.2) is 42.5 Å². The molecule has 0 radical (unpaired) electrons. The van der Waals surface area contributed by atoms with Gasteiger partial charge in [-0.05, 0) is 55.4 Å². The van der Waals surface area contributed by atoms with Crippen LogP contribution < -0.4 is 0 Å². The van der Waals surface area contributed by atoms with Crippen LogP contribution >= 0.6 is 0 Å². The summed E-state index contributed by atoms with van der Waals surface area (Å²) in [7, 11) is 0. The molecule has 3 rings (SSSR count). The highest BCUT2D eigenvalue weighted by molar-refractivity contribution is 5.71.